The van der Waals surface area contributed by atoms with Crippen LogP contribution in [0.4, 0.5) is 5.69 Å². The highest BCUT2D eigenvalue weighted by Crippen LogP contribution is 2.35. The molecule has 1 atom stereocenters. The third-order valence-electron chi connectivity index (χ3n) is 2.59. The van der Waals surface area contributed by atoms with Crippen LogP contribution in [0.3, 0.4) is 0 Å². The predicted molar refractivity (Wildman–Crippen MR) is 61.7 cm³/mol. The van der Waals surface area contributed by atoms with Gasteiger partial charge in [-0.2, -0.15) is 0 Å². The van der Waals surface area contributed by atoms with Crippen LogP contribution >= 0.6 is 11.6 Å². The van der Waals surface area contributed by atoms with E-state index in [0.717, 1.165) is 0 Å². The Hall–Kier alpha value is -1.75. The van der Waals surface area contributed by atoms with Gasteiger partial charge in [-0.1, -0.05) is 6.07 Å². The number of carbonyl (C=O) groups is 2. The van der Waals surface area contributed by atoms with Gasteiger partial charge in [0.25, 0.3) is 0 Å². The van der Waals surface area contributed by atoms with Crippen LogP contribution in [0.15, 0.2) is 18.2 Å². The van der Waals surface area contributed by atoms with E-state index in [2.05, 4.69) is 0 Å². The van der Waals surface area contributed by atoms with Crippen LogP contribution in [-0.4, -0.2) is 34.0 Å². The van der Waals surface area contributed by atoms with Crippen LogP contribution in [0.2, 0.25) is 0 Å². The van der Waals surface area contributed by atoms with Crippen molar-refractivity contribution in [3.05, 3.63) is 23.8 Å². The molecule has 2 rings (SSSR count). The maximum atomic E-state index is 11.6. The molecule has 5 nitrogen and oxygen atoms in total. The zero-order valence-corrected chi connectivity index (χ0v) is 9.52. The Bertz CT molecular complexity index is 488. The summed E-state index contributed by atoms with van der Waals surface area (Å²) in [4.78, 5) is 23.9. The molecular formula is C11H10ClNO4. The largest absolute Gasteiger partial charge is 0.506 e. The Balaban J connectivity index is 2.51. The summed E-state index contributed by atoms with van der Waals surface area (Å²) in [7, 11) is 0. The van der Waals surface area contributed by atoms with Crippen molar-refractivity contribution in [2.45, 2.75) is 11.8 Å². The van der Waals surface area contributed by atoms with Crippen molar-refractivity contribution < 1.29 is 19.8 Å². The molecule has 1 aliphatic heterocycles. The first-order chi connectivity index (χ1) is 8.00. The Morgan fingerprint density at radius 3 is 2.71 bits per heavy atom. The normalized spacial score (nSPS) is 19.7. The molecule has 1 aliphatic rings. The molecule has 1 aromatic rings. The Morgan fingerprint density at radius 2 is 2.18 bits per heavy atom. The molecule has 0 aliphatic carbocycles. The predicted octanol–water partition coefficient (Wildman–Crippen LogP) is 1.43. The van der Waals surface area contributed by atoms with Gasteiger partial charge in [-0.25, -0.2) is 4.79 Å². The van der Waals surface area contributed by atoms with E-state index < -0.39 is 5.97 Å². The van der Waals surface area contributed by atoms with E-state index in [4.69, 9.17) is 16.7 Å². The van der Waals surface area contributed by atoms with Gasteiger partial charge >= 0.3 is 5.97 Å². The second kappa shape index (κ2) is 4.25. The summed E-state index contributed by atoms with van der Waals surface area (Å²) in [6.45, 7) is 0.207. The summed E-state index contributed by atoms with van der Waals surface area (Å²) >= 11 is 5.84. The smallest absolute Gasteiger partial charge is 0.337 e. The number of hydrogen-bond donors (Lipinski definition) is 2. The number of phenols is 1. The number of alkyl halides is 1. The van der Waals surface area contributed by atoms with Gasteiger partial charge in [0.1, 0.15) is 11.4 Å². The lowest BCUT2D eigenvalue weighted by Gasteiger charge is -2.19. The topological polar surface area (TPSA) is 77.8 Å². The molecule has 0 bridgehead atoms. The fourth-order valence-corrected chi connectivity index (χ4v) is 2.14. The summed E-state index contributed by atoms with van der Waals surface area (Å²) in [6.07, 6.45) is 0.148. The van der Waals surface area contributed by atoms with Crippen molar-refractivity contribution in [2.24, 2.45) is 0 Å². The van der Waals surface area contributed by atoms with Gasteiger partial charge in [-0.15, -0.1) is 11.6 Å². The number of carbonyl (C=O) groups excluding carboxylic acids is 1. The van der Waals surface area contributed by atoms with Gasteiger partial charge in [-0.05, 0) is 12.1 Å². The fourth-order valence-electron chi connectivity index (χ4n) is 1.87. The third kappa shape index (κ3) is 2.06. The van der Waals surface area contributed by atoms with Crippen LogP contribution in [0, 0.1) is 0 Å². The number of benzene rings is 1. The van der Waals surface area contributed by atoms with Gasteiger partial charge in [-0.3, -0.25) is 4.79 Å². The van der Waals surface area contributed by atoms with Gasteiger partial charge in [0.05, 0.1) is 10.9 Å². The molecule has 0 radical (unpaired) electrons. The van der Waals surface area contributed by atoms with E-state index in [-0.39, 0.29) is 41.3 Å². The van der Waals surface area contributed by atoms with Crippen LogP contribution in [-0.2, 0) is 4.79 Å². The van der Waals surface area contributed by atoms with Crippen molar-refractivity contribution in [3.8, 4) is 5.75 Å². The lowest BCUT2D eigenvalue weighted by Crippen LogP contribution is -2.26. The number of rotatable bonds is 2. The molecular weight excluding hydrogens is 246 g/mol. The molecule has 0 aromatic heterocycles. The lowest BCUT2D eigenvalue weighted by molar-refractivity contribution is -0.117. The molecule has 90 valence electrons. The average molecular weight is 256 g/mol. The van der Waals surface area contributed by atoms with Crippen molar-refractivity contribution in [2.75, 3.05) is 11.4 Å². The van der Waals surface area contributed by atoms with Crippen molar-refractivity contribution in [3.63, 3.8) is 0 Å². The molecule has 1 fully saturated rings. The standard InChI is InChI=1S/C11H10ClNO4/c12-6-4-9(15)13(5-6)10-7(11(16)17)2-1-3-8(10)14/h1-3,6,14H,4-5H2,(H,16,17). The Morgan fingerprint density at radius 1 is 1.47 bits per heavy atom. The van der Waals surface area contributed by atoms with Crippen molar-refractivity contribution in [1.82, 2.24) is 0 Å². The SMILES string of the molecule is O=C(O)c1cccc(O)c1N1CC(Cl)CC1=O. The minimum absolute atomic E-state index is 0.0214. The Kier molecular flexibility index (Phi) is 2.93. The number of hydrogen-bond acceptors (Lipinski definition) is 3. The van der Waals surface area contributed by atoms with Crippen LogP contribution in [0.1, 0.15) is 16.8 Å². The number of nitrogens with zero attached hydrogens (tertiary/aromatic N) is 1. The van der Waals surface area contributed by atoms with Crippen LogP contribution in [0.25, 0.3) is 0 Å². The third-order valence-corrected chi connectivity index (χ3v) is 2.89. The summed E-state index contributed by atoms with van der Waals surface area (Å²) < 4.78 is 0. The van der Waals surface area contributed by atoms with E-state index in [9.17, 15) is 14.7 Å². The fraction of sp³-hybridized carbons (Fsp3) is 0.273. The molecule has 1 heterocycles. The molecule has 1 unspecified atom stereocenters. The van der Waals surface area contributed by atoms with E-state index in [1.54, 1.807) is 0 Å². The maximum Gasteiger partial charge on any atom is 0.337 e. The molecule has 17 heavy (non-hydrogen) atoms. The first kappa shape index (κ1) is 11.7. The molecule has 6 heteroatoms. The lowest BCUT2D eigenvalue weighted by atomic mass is 10.1. The van der Waals surface area contributed by atoms with E-state index >= 15 is 0 Å². The zero-order chi connectivity index (χ0) is 12.6. The monoisotopic (exact) mass is 255 g/mol. The van der Waals surface area contributed by atoms with E-state index in [1.165, 1.54) is 23.1 Å². The van der Waals surface area contributed by atoms with Crippen LogP contribution < -0.4 is 4.90 Å². The maximum absolute atomic E-state index is 11.6. The number of halogens is 1. The average Bonchev–Trinajstić information content (AvgIpc) is 2.57. The number of anilines is 1. The number of aromatic hydroxyl groups is 1. The summed E-state index contributed by atoms with van der Waals surface area (Å²) in [5.74, 6) is -1.71. The second-order valence-electron chi connectivity index (χ2n) is 3.78. The first-order valence-electron chi connectivity index (χ1n) is 5.00. The summed E-state index contributed by atoms with van der Waals surface area (Å²) in [5.41, 5.74) is -0.0859. The highest BCUT2D eigenvalue weighted by atomic mass is 35.5. The highest BCUT2D eigenvalue weighted by Gasteiger charge is 2.33. The molecule has 0 saturated carbocycles. The molecule has 0 spiro atoms. The van der Waals surface area contributed by atoms with Crippen molar-refractivity contribution in [1.29, 1.82) is 0 Å². The minimum atomic E-state index is -1.19. The minimum Gasteiger partial charge on any atom is -0.506 e. The zero-order valence-electron chi connectivity index (χ0n) is 8.76. The Labute approximate surface area is 102 Å². The van der Waals surface area contributed by atoms with Gasteiger partial charge in [0, 0.05) is 13.0 Å². The number of amides is 1. The second-order valence-corrected chi connectivity index (χ2v) is 4.40. The van der Waals surface area contributed by atoms with Gasteiger partial charge in [0.2, 0.25) is 5.91 Å². The number of phenolic OH excluding ortho intramolecular Hbond substituents is 1. The van der Waals surface area contributed by atoms with Crippen LogP contribution in [0.5, 0.6) is 5.75 Å². The van der Waals surface area contributed by atoms with Crippen molar-refractivity contribution >= 4 is 29.2 Å². The van der Waals surface area contributed by atoms with E-state index in [1.807, 2.05) is 0 Å². The first-order valence-corrected chi connectivity index (χ1v) is 5.44. The van der Waals surface area contributed by atoms with E-state index in [0.29, 0.717) is 0 Å². The molecule has 1 saturated heterocycles. The quantitative estimate of drug-likeness (QED) is 0.784. The molecule has 2 N–H and O–H groups in total. The van der Waals surface area contributed by atoms with Gasteiger partial charge < -0.3 is 15.1 Å². The number of aromatic carboxylic acids is 1. The molecule has 1 aromatic carbocycles. The highest BCUT2D eigenvalue weighted by molar-refractivity contribution is 6.24. The number of carboxylic acids is 1. The number of para-hydroxylation sites is 1. The molecule has 1 amide bonds. The van der Waals surface area contributed by atoms with Gasteiger partial charge in [0.15, 0.2) is 0 Å². The summed E-state index contributed by atoms with van der Waals surface area (Å²) in [6, 6.07) is 4.10. The summed E-state index contributed by atoms with van der Waals surface area (Å²) in [5, 5.41) is 18.4. The number of carboxylic acid groups (broad SMARTS) is 1.